The molecule has 110 valence electrons. The molecular weight excluding hydrogens is 284 g/mol. The van der Waals surface area contributed by atoms with Crippen LogP contribution in [0.4, 0.5) is 5.69 Å². The number of hydrogen-bond donors (Lipinski definition) is 2. The van der Waals surface area contributed by atoms with E-state index >= 15 is 0 Å². The van der Waals surface area contributed by atoms with E-state index in [4.69, 9.17) is 5.73 Å². The number of halogens is 1. The van der Waals surface area contributed by atoms with Gasteiger partial charge in [-0.1, -0.05) is 0 Å². The Morgan fingerprint density at radius 1 is 1.45 bits per heavy atom. The average Bonchev–Trinajstić information content (AvgIpc) is 3.05. The van der Waals surface area contributed by atoms with Gasteiger partial charge in [0, 0.05) is 25.2 Å². The highest BCUT2D eigenvalue weighted by Gasteiger charge is 2.42. The van der Waals surface area contributed by atoms with E-state index in [0.29, 0.717) is 24.9 Å². The Morgan fingerprint density at radius 3 is 2.80 bits per heavy atom. The van der Waals surface area contributed by atoms with Crippen LogP contribution in [0.25, 0.3) is 0 Å². The third kappa shape index (κ3) is 2.38. The molecule has 3 N–H and O–H groups in total. The van der Waals surface area contributed by atoms with Crippen LogP contribution in [0.3, 0.4) is 0 Å². The maximum absolute atomic E-state index is 12.3. The molecule has 0 radical (unpaired) electrons. The van der Waals surface area contributed by atoms with Crippen molar-refractivity contribution in [3.05, 3.63) is 28.1 Å². The van der Waals surface area contributed by atoms with Gasteiger partial charge in [-0.05, 0) is 24.7 Å². The first-order chi connectivity index (χ1) is 9.06. The van der Waals surface area contributed by atoms with Gasteiger partial charge in [-0.3, -0.25) is 14.9 Å². The van der Waals surface area contributed by atoms with Crippen LogP contribution in [-0.2, 0) is 0 Å². The van der Waals surface area contributed by atoms with E-state index in [-0.39, 0.29) is 35.7 Å². The standard InChI is InChI=1S/C12H16N4O3.ClH/c13-10-2-1-7-5-15(6-9(7)10)12(17)11-3-8(4-14-11)16(18)19;/h3-4,7,9-10,14H,1-2,5-6,13H2;1H. The predicted molar refractivity (Wildman–Crippen MR) is 74.8 cm³/mol. The lowest BCUT2D eigenvalue weighted by molar-refractivity contribution is -0.384. The fourth-order valence-corrected chi connectivity index (χ4v) is 3.26. The summed E-state index contributed by atoms with van der Waals surface area (Å²) in [5, 5.41) is 10.6. The molecule has 2 heterocycles. The second-order valence-corrected chi connectivity index (χ2v) is 5.40. The average molecular weight is 301 g/mol. The molecule has 8 heteroatoms. The third-order valence-electron chi connectivity index (χ3n) is 4.31. The number of likely N-dealkylation sites (tertiary alicyclic amines) is 1. The van der Waals surface area contributed by atoms with Crippen molar-refractivity contribution in [3.63, 3.8) is 0 Å². The number of nitrogens with zero attached hydrogens (tertiary/aromatic N) is 2. The number of aromatic amines is 1. The fourth-order valence-electron chi connectivity index (χ4n) is 3.26. The number of carbonyl (C=O) groups is 1. The van der Waals surface area contributed by atoms with Gasteiger partial charge in [0.05, 0.1) is 11.1 Å². The lowest BCUT2D eigenvalue weighted by atomic mass is 9.98. The Balaban J connectivity index is 0.00000147. The van der Waals surface area contributed by atoms with Crippen LogP contribution in [0, 0.1) is 22.0 Å². The highest BCUT2D eigenvalue weighted by molar-refractivity contribution is 5.93. The summed E-state index contributed by atoms with van der Waals surface area (Å²) < 4.78 is 0. The van der Waals surface area contributed by atoms with Crippen molar-refractivity contribution in [2.75, 3.05) is 13.1 Å². The van der Waals surface area contributed by atoms with Crippen LogP contribution in [0.2, 0.25) is 0 Å². The largest absolute Gasteiger partial charge is 0.351 e. The molecule has 1 saturated heterocycles. The van der Waals surface area contributed by atoms with Crippen molar-refractivity contribution in [3.8, 4) is 0 Å². The first-order valence-corrected chi connectivity index (χ1v) is 6.44. The summed E-state index contributed by atoms with van der Waals surface area (Å²) in [6, 6.07) is 1.47. The summed E-state index contributed by atoms with van der Waals surface area (Å²) >= 11 is 0. The summed E-state index contributed by atoms with van der Waals surface area (Å²) in [7, 11) is 0. The van der Waals surface area contributed by atoms with E-state index in [9.17, 15) is 14.9 Å². The quantitative estimate of drug-likeness (QED) is 0.631. The first-order valence-electron chi connectivity index (χ1n) is 6.44. The van der Waals surface area contributed by atoms with Crippen molar-refractivity contribution in [2.24, 2.45) is 17.6 Å². The van der Waals surface area contributed by atoms with Crippen LogP contribution in [0.15, 0.2) is 12.3 Å². The molecule has 3 unspecified atom stereocenters. The lowest BCUT2D eigenvalue weighted by Crippen LogP contribution is -2.33. The molecule has 1 aromatic rings. The number of fused-ring (bicyclic) bond motifs is 1. The molecule has 20 heavy (non-hydrogen) atoms. The number of carbonyl (C=O) groups excluding carboxylic acids is 1. The lowest BCUT2D eigenvalue weighted by Gasteiger charge is -2.17. The number of rotatable bonds is 2. The molecule has 3 rings (SSSR count). The molecular formula is C12H17ClN4O3. The zero-order valence-electron chi connectivity index (χ0n) is 10.8. The number of nitrogens with one attached hydrogen (secondary N) is 1. The molecule has 7 nitrogen and oxygen atoms in total. The van der Waals surface area contributed by atoms with Crippen molar-refractivity contribution >= 4 is 24.0 Å². The molecule has 1 aromatic heterocycles. The molecule has 0 spiro atoms. The van der Waals surface area contributed by atoms with E-state index in [2.05, 4.69) is 4.98 Å². The highest BCUT2D eigenvalue weighted by atomic mass is 35.5. The maximum atomic E-state index is 12.3. The van der Waals surface area contributed by atoms with Crippen LogP contribution in [-0.4, -0.2) is 39.8 Å². The van der Waals surface area contributed by atoms with Gasteiger partial charge >= 0.3 is 0 Å². The van der Waals surface area contributed by atoms with Crippen LogP contribution in [0.5, 0.6) is 0 Å². The maximum Gasteiger partial charge on any atom is 0.287 e. The van der Waals surface area contributed by atoms with Gasteiger partial charge in [0.15, 0.2) is 0 Å². The SMILES string of the molecule is Cl.NC1CCC2CN(C(=O)c3cc([N+](=O)[O-])c[nH]3)CC12. The van der Waals surface area contributed by atoms with Gasteiger partial charge in [-0.15, -0.1) is 12.4 Å². The minimum Gasteiger partial charge on any atom is -0.351 e. The van der Waals surface area contributed by atoms with E-state index in [1.165, 1.54) is 12.3 Å². The Morgan fingerprint density at radius 2 is 2.20 bits per heavy atom. The normalized spacial score (nSPS) is 28.1. The second-order valence-electron chi connectivity index (χ2n) is 5.40. The first kappa shape index (κ1) is 14.8. The van der Waals surface area contributed by atoms with Crippen molar-refractivity contribution in [1.29, 1.82) is 0 Å². The molecule has 1 saturated carbocycles. The number of aromatic nitrogens is 1. The Bertz CT molecular complexity index is 533. The molecule has 0 bridgehead atoms. The summed E-state index contributed by atoms with van der Waals surface area (Å²) in [6.07, 6.45) is 3.35. The minimum atomic E-state index is -0.512. The highest BCUT2D eigenvalue weighted by Crippen LogP contribution is 2.37. The summed E-state index contributed by atoms with van der Waals surface area (Å²) in [5.41, 5.74) is 6.22. The third-order valence-corrected chi connectivity index (χ3v) is 4.31. The molecule has 1 aliphatic carbocycles. The summed E-state index contributed by atoms with van der Waals surface area (Å²) in [6.45, 7) is 1.38. The summed E-state index contributed by atoms with van der Waals surface area (Å²) in [5.74, 6) is 0.701. The summed E-state index contributed by atoms with van der Waals surface area (Å²) in [4.78, 5) is 26.8. The van der Waals surface area contributed by atoms with E-state index < -0.39 is 4.92 Å². The van der Waals surface area contributed by atoms with Gasteiger partial charge in [-0.2, -0.15) is 0 Å². The number of nitro groups is 1. The molecule has 1 amide bonds. The fraction of sp³-hybridized carbons (Fsp3) is 0.583. The Hall–Kier alpha value is -1.60. The Kier molecular flexibility index (Phi) is 4.01. The van der Waals surface area contributed by atoms with Crippen molar-refractivity contribution in [2.45, 2.75) is 18.9 Å². The molecule has 3 atom stereocenters. The van der Waals surface area contributed by atoms with Gasteiger partial charge in [-0.25, -0.2) is 0 Å². The van der Waals surface area contributed by atoms with E-state index in [0.717, 1.165) is 12.8 Å². The smallest absolute Gasteiger partial charge is 0.287 e. The molecule has 2 fully saturated rings. The van der Waals surface area contributed by atoms with Crippen molar-refractivity contribution < 1.29 is 9.72 Å². The van der Waals surface area contributed by atoms with Gasteiger partial charge < -0.3 is 15.6 Å². The van der Waals surface area contributed by atoms with E-state index in [1.54, 1.807) is 4.90 Å². The predicted octanol–water partition coefficient (Wildman–Crippen LogP) is 1.15. The van der Waals surface area contributed by atoms with Crippen LogP contribution < -0.4 is 5.73 Å². The van der Waals surface area contributed by atoms with Gasteiger partial charge in [0.25, 0.3) is 11.6 Å². The number of H-pyrrole nitrogens is 1. The van der Waals surface area contributed by atoms with Gasteiger partial charge in [0.1, 0.15) is 5.69 Å². The monoisotopic (exact) mass is 300 g/mol. The zero-order chi connectivity index (χ0) is 13.6. The van der Waals surface area contributed by atoms with Crippen molar-refractivity contribution in [1.82, 2.24) is 9.88 Å². The molecule has 2 aliphatic rings. The van der Waals surface area contributed by atoms with E-state index in [1.807, 2.05) is 0 Å². The minimum absolute atomic E-state index is 0. The number of hydrogen-bond acceptors (Lipinski definition) is 4. The topological polar surface area (TPSA) is 105 Å². The number of amides is 1. The van der Waals surface area contributed by atoms with Gasteiger partial charge in [0.2, 0.25) is 0 Å². The molecule has 0 aromatic carbocycles. The van der Waals surface area contributed by atoms with Crippen LogP contribution >= 0.6 is 12.4 Å². The Labute approximate surface area is 122 Å². The second kappa shape index (κ2) is 5.41. The zero-order valence-corrected chi connectivity index (χ0v) is 11.6. The van der Waals surface area contributed by atoms with Crippen LogP contribution in [0.1, 0.15) is 23.3 Å². The number of nitrogens with two attached hydrogens (primary N) is 1. The molecule has 1 aliphatic heterocycles.